The van der Waals surface area contributed by atoms with Crippen LogP contribution in [0, 0.1) is 5.92 Å². The van der Waals surface area contributed by atoms with Crippen molar-refractivity contribution in [2.75, 3.05) is 0 Å². The number of carboxylic acids is 1. The topological polar surface area (TPSA) is 37.3 Å². The lowest BCUT2D eigenvalue weighted by Gasteiger charge is -2.18. The first-order valence-electron chi connectivity index (χ1n) is 5.04. The van der Waals surface area contributed by atoms with Gasteiger partial charge in [0.15, 0.2) is 0 Å². The predicted molar refractivity (Wildman–Crippen MR) is 61.3 cm³/mol. The summed E-state index contributed by atoms with van der Waals surface area (Å²) in [5, 5.41) is 9.80. The number of halogens is 1. The van der Waals surface area contributed by atoms with Crippen LogP contribution in [0.2, 0.25) is 5.02 Å². The third kappa shape index (κ3) is 2.96. The van der Waals surface area contributed by atoms with E-state index in [1.54, 1.807) is 24.3 Å². The molecule has 2 nitrogen and oxygen atoms in total. The Morgan fingerprint density at radius 2 is 1.93 bits per heavy atom. The van der Waals surface area contributed by atoms with E-state index in [-0.39, 0.29) is 5.92 Å². The first kappa shape index (κ1) is 12.1. The molecule has 2 unspecified atom stereocenters. The van der Waals surface area contributed by atoms with E-state index >= 15 is 0 Å². The molecule has 1 rings (SSSR count). The van der Waals surface area contributed by atoms with Gasteiger partial charge >= 0.3 is 5.97 Å². The molecule has 0 saturated carbocycles. The largest absolute Gasteiger partial charge is 0.481 e. The Balaban J connectivity index is 2.99. The highest BCUT2D eigenvalue weighted by molar-refractivity contribution is 6.30. The van der Waals surface area contributed by atoms with E-state index in [2.05, 4.69) is 0 Å². The average Bonchev–Trinajstić information content (AvgIpc) is 2.20. The van der Waals surface area contributed by atoms with Gasteiger partial charge < -0.3 is 5.11 Å². The van der Waals surface area contributed by atoms with Gasteiger partial charge in [-0.3, -0.25) is 4.79 Å². The van der Waals surface area contributed by atoms with Crippen molar-refractivity contribution in [3.05, 3.63) is 34.9 Å². The Bertz CT molecular complexity index is 332. The van der Waals surface area contributed by atoms with Gasteiger partial charge in [-0.05, 0) is 23.6 Å². The smallest absolute Gasteiger partial charge is 0.311 e. The van der Waals surface area contributed by atoms with Crippen LogP contribution in [0.15, 0.2) is 24.3 Å². The molecule has 82 valence electrons. The molecule has 0 aliphatic heterocycles. The molecule has 0 spiro atoms. The van der Waals surface area contributed by atoms with Gasteiger partial charge in [-0.1, -0.05) is 44.0 Å². The molecule has 3 heteroatoms. The van der Waals surface area contributed by atoms with Gasteiger partial charge in [0.25, 0.3) is 0 Å². The summed E-state index contributed by atoms with van der Waals surface area (Å²) in [5.74, 6) is -1.08. The fourth-order valence-electron chi connectivity index (χ4n) is 1.62. The Labute approximate surface area is 94.9 Å². The highest BCUT2D eigenvalue weighted by atomic mass is 35.5. The molecular formula is C12H15ClO2. The summed E-state index contributed by atoms with van der Waals surface area (Å²) in [6, 6.07) is 7.03. The van der Waals surface area contributed by atoms with Gasteiger partial charge in [0.2, 0.25) is 0 Å². The van der Waals surface area contributed by atoms with Crippen LogP contribution in [0.3, 0.4) is 0 Å². The van der Waals surface area contributed by atoms with Crippen LogP contribution in [-0.4, -0.2) is 11.1 Å². The fourth-order valence-corrected chi connectivity index (χ4v) is 1.75. The number of rotatable bonds is 4. The summed E-state index contributed by atoms with van der Waals surface area (Å²) in [5.41, 5.74) is 0.821. The number of hydrogen-bond donors (Lipinski definition) is 1. The lowest BCUT2D eigenvalue weighted by molar-refractivity contribution is -0.140. The van der Waals surface area contributed by atoms with Gasteiger partial charge in [-0.2, -0.15) is 0 Å². The average molecular weight is 227 g/mol. The molecule has 0 heterocycles. The highest BCUT2D eigenvalue weighted by Crippen LogP contribution is 2.28. The van der Waals surface area contributed by atoms with E-state index in [1.807, 2.05) is 13.8 Å². The van der Waals surface area contributed by atoms with Crippen LogP contribution in [0.5, 0.6) is 0 Å². The van der Waals surface area contributed by atoms with Gasteiger partial charge in [0.1, 0.15) is 0 Å². The van der Waals surface area contributed by atoms with Crippen LogP contribution in [0.25, 0.3) is 0 Å². The van der Waals surface area contributed by atoms with E-state index in [0.717, 1.165) is 12.0 Å². The minimum absolute atomic E-state index is 0.128. The Morgan fingerprint density at radius 3 is 2.33 bits per heavy atom. The number of hydrogen-bond acceptors (Lipinski definition) is 1. The monoisotopic (exact) mass is 226 g/mol. The summed E-state index contributed by atoms with van der Waals surface area (Å²) in [4.78, 5) is 11.2. The highest BCUT2D eigenvalue weighted by Gasteiger charge is 2.24. The molecule has 0 aromatic heterocycles. The third-order valence-corrected chi connectivity index (χ3v) is 2.96. The Hall–Kier alpha value is -1.02. The minimum Gasteiger partial charge on any atom is -0.481 e. The van der Waals surface area contributed by atoms with Crippen molar-refractivity contribution >= 4 is 17.6 Å². The Kier molecular flexibility index (Phi) is 4.15. The minimum atomic E-state index is -0.772. The van der Waals surface area contributed by atoms with Crippen LogP contribution < -0.4 is 0 Å². The van der Waals surface area contributed by atoms with Crippen LogP contribution in [0.4, 0.5) is 0 Å². The molecule has 0 radical (unpaired) electrons. The van der Waals surface area contributed by atoms with Crippen molar-refractivity contribution in [1.82, 2.24) is 0 Å². The van der Waals surface area contributed by atoms with Gasteiger partial charge in [-0.25, -0.2) is 0 Å². The second-order valence-corrected chi connectivity index (χ2v) is 4.19. The zero-order valence-corrected chi connectivity index (χ0v) is 9.66. The summed E-state index contributed by atoms with van der Waals surface area (Å²) in [6.45, 7) is 3.95. The lowest BCUT2D eigenvalue weighted by Crippen LogP contribution is -2.18. The van der Waals surface area contributed by atoms with Gasteiger partial charge in [0, 0.05) is 5.02 Å². The Morgan fingerprint density at radius 1 is 1.40 bits per heavy atom. The van der Waals surface area contributed by atoms with Gasteiger partial charge in [-0.15, -0.1) is 0 Å². The number of carboxylic acid groups (broad SMARTS) is 1. The summed E-state index contributed by atoms with van der Waals surface area (Å²) in [6.07, 6.45) is 0.847. The van der Waals surface area contributed by atoms with Crippen molar-refractivity contribution in [1.29, 1.82) is 0 Å². The van der Waals surface area contributed by atoms with E-state index in [4.69, 9.17) is 16.7 Å². The second-order valence-electron chi connectivity index (χ2n) is 3.75. The maximum Gasteiger partial charge on any atom is 0.311 e. The maximum absolute atomic E-state index is 11.2. The molecule has 1 aromatic carbocycles. The van der Waals surface area contributed by atoms with Crippen LogP contribution in [0.1, 0.15) is 31.7 Å². The zero-order chi connectivity index (χ0) is 11.4. The fraction of sp³-hybridized carbons (Fsp3) is 0.417. The third-order valence-electron chi connectivity index (χ3n) is 2.71. The van der Waals surface area contributed by atoms with E-state index in [1.165, 1.54) is 0 Å². The molecule has 0 bridgehead atoms. The van der Waals surface area contributed by atoms with Crippen molar-refractivity contribution in [2.24, 2.45) is 5.92 Å². The zero-order valence-electron chi connectivity index (χ0n) is 8.90. The van der Waals surface area contributed by atoms with E-state index in [9.17, 15) is 4.79 Å². The molecule has 0 aliphatic carbocycles. The quantitative estimate of drug-likeness (QED) is 0.853. The first-order chi connectivity index (χ1) is 7.06. The summed E-state index contributed by atoms with van der Waals surface area (Å²) in [7, 11) is 0. The van der Waals surface area contributed by atoms with Crippen molar-refractivity contribution in [2.45, 2.75) is 26.2 Å². The number of carbonyl (C=O) groups is 1. The summed E-state index contributed by atoms with van der Waals surface area (Å²) >= 11 is 5.76. The molecule has 0 fully saturated rings. The van der Waals surface area contributed by atoms with Crippen molar-refractivity contribution in [3.63, 3.8) is 0 Å². The predicted octanol–water partition coefficient (Wildman–Crippen LogP) is 3.55. The van der Waals surface area contributed by atoms with E-state index < -0.39 is 11.9 Å². The van der Waals surface area contributed by atoms with Crippen LogP contribution in [-0.2, 0) is 4.79 Å². The molecule has 1 N–H and O–H groups in total. The second kappa shape index (κ2) is 5.17. The molecule has 0 saturated heterocycles. The molecule has 2 atom stereocenters. The normalized spacial score (nSPS) is 14.6. The van der Waals surface area contributed by atoms with E-state index in [0.29, 0.717) is 5.02 Å². The first-order valence-corrected chi connectivity index (χ1v) is 5.42. The maximum atomic E-state index is 11.2. The lowest BCUT2D eigenvalue weighted by atomic mass is 9.86. The molecule has 0 aliphatic rings. The van der Waals surface area contributed by atoms with Crippen molar-refractivity contribution in [3.8, 4) is 0 Å². The van der Waals surface area contributed by atoms with Gasteiger partial charge in [0.05, 0.1) is 5.92 Å². The van der Waals surface area contributed by atoms with Crippen LogP contribution >= 0.6 is 11.6 Å². The molecular weight excluding hydrogens is 212 g/mol. The molecule has 15 heavy (non-hydrogen) atoms. The standard InChI is InChI=1S/C12H15ClO2/c1-3-8(2)11(12(14)15)9-4-6-10(13)7-5-9/h4-8,11H,3H2,1-2H3,(H,14,15). The number of aliphatic carboxylic acids is 1. The molecule has 0 amide bonds. The SMILES string of the molecule is CCC(C)C(C(=O)O)c1ccc(Cl)cc1. The number of benzene rings is 1. The summed E-state index contributed by atoms with van der Waals surface area (Å²) < 4.78 is 0. The molecule has 1 aromatic rings. The van der Waals surface area contributed by atoms with Crippen molar-refractivity contribution < 1.29 is 9.90 Å².